The van der Waals surface area contributed by atoms with Crippen molar-refractivity contribution in [3.8, 4) is 11.6 Å². The van der Waals surface area contributed by atoms with Crippen LogP contribution in [-0.2, 0) is 4.79 Å². The third kappa shape index (κ3) is 4.66. The molecular weight excluding hydrogens is 518 g/mol. The van der Waals surface area contributed by atoms with Crippen molar-refractivity contribution in [1.29, 1.82) is 0 Å². The number of hydrogen-bond donors (Lipinski definition) is 3. The van der Waals surface area contributed by atoms with Crippen LogP contribution in [0.25, 0.3) is 10.2 Å². The predicted molar refractivity (Wildman–Crippen MR) is 147 cm³/mol. The number of thiophene rings is 1. The molecule has 0 bridgehead atoms. The van der Waals surface area contributed by atoms with Crippen molar-refractivity contribution in [2.24, 2.45) is 0 Å². The first kappa shape index (κ1) is 24.5. The molecule has 4 heterocycles. The van der Waals surface area contributed by atoms with Crippen molar-refractivity contribution in [3.63, 3.8) is 0 Å². The number of amides is 4. The molecule has 0 saturated heterocycles. The standard InChI is InChI=1S/C27H23N7O4S/c1-2-20(35)31-16-9-6-10-17(16)32-25(36)24-23-22-18(11-12-28-26(22)39-24)34(27(37)33-23)19-13-30-21(14-29-19)38-15-7-4-3-5-8-15/h2-5,7-8,11-14,16-17H,1,6,9-10H2,(H,31,35)(H,32,36)(H,33,37)/t16-,17+/m0/s1. The van der Waals surface area contributed by atoms with Crippen molar-refractivity contribution in [2.75, 3.05) is 10.2 Å². The van der Waals surface area contributed by atoms with Gasteiger partial charge in [-0.3, -0.25) is 9.59 Å². The summed E-state index contributed by atoms with van der Waals surface area (Å²) in [4.78, 5) is 53.9. The van der Waals surface area contributed by atoms with E-state index in [1.807, 2.05) is 18.2 Å². The van der Waals surface area contributed by atoms with E-state index < -0.39 is 6.03 Å². The number of para-hydroxylation sites is 1. The Labute approximate surface area is 226 Å². The first-order chi connectivity index (χ1) is 19.0. The molecule has 1 aliphatic heterocycles. The SMILES string of the molecule is C=CC(=O)N[C@H]1CCC[C@H]1NC(=O)c1sc2nccc3c2c1NC(=O)N3c1cnc(Oc2ccccc2)cn1. The van der Waals surface area contributed by atoms with Gasteiger partial charge < -0.3 is 20.7 Å². The number of hydrogen-bond acceptors (Lipinski definition) is 8. The van der Waals surface area contributed by atoms with Gasteiger partial charge in [-0.15, -0.1) is 11.3 Å². The lowest BCUT2D eigenvalue weighted by molar-refractivity contribution is -0.117. The average molecular weight is 542 g/mol. The maximum atomic E-state index is 13.4. The molecule has 12 heteroatoms. The third-order valence-corrected chi connectivity index (χ3v) is 7.70. The van der Waals surface area contributed by atoms with E-state index in [0.717, 1.165) is 19.3 Å². The van der Waals surface area contributed by atoms with Gasteiger partial charge in [0.05, 0.1) is 29.2 Å². The van der Waals surface area contributed by atoms with E-state index >= 15 is 0 Å². The number of urea groups is 1. The number of benzene rings is 1. The molecule has 1 aliphatic carbocycles. The zero-order chi connectivity index (χ0) is 26.9. The topological polar surface area (TPSA) is 138 Å². The van der Waals surface area contributed by atoms with Gasteiger partial charge in [-0.05, 0) is 43.5 Å². The van der Waals surface area contributed by atoms with E-state index in [0.29, 0.717) is 32.2 Å². The molecule has 1 fully saturated rings. The Hall–Kier alpha value is -4.84. The lowest BCUT2D eigenvalue weighted by Crippen LogP contribution is -2.48. The monoisotopic (exact) mass is 541 g/mol. The van der Waals surface area contributed by atoms with E-state index in [1.165, 1.54) is 34.7 Å². The van der Waals surface area contributed by atoms with Gasteiger partial charge in [0.1, 0.15) is 15.5 Å². The smallest absolute Gasteiger partial charge is 0.332 e. The summed E-state index contributed by atoms with van der Waals surface area (Å²) in [5.41, 5.74) is 0.940. The fraction of sp³-hybridized carbons (Fsp3) is 0.185. The first-order valence-electron chi connectivity index (χ1n) is 12.3. The molecule has 11 nitrogen and oxygen atoms in total. The molecule has 2 aliphatic rings. The highest BCUT2D eigenvalue weighted by Gasteiger charge is 2.35. The van der Waals surface area contributed by atoms with Crippen molar-refractivity contribution in [3.05, 3.63) is 72.5 Å². The molecular formula is C27H23N7O4S. The summed E-state index contributed by atoms with van der Waals surface area (Å²) in [7, 11) is 0. The van der Waals surface area contributed by atoms with Crippen LogP contribution in [0.15, 0.2) is 67.6 Å². The number of anilines is 3. The van der Waals surface area contributed by atoms with Crippen LogP contribution in [0.3, 0.4) is 0 Å². The zero-order valence-electron chi connectivity index (χ0n) is 20.6. The summed E-state index contributed by atoms with van der Waals surface area (Å²) in [6.45, 7) is 3.49. The summed E-state index contributed by atoms with van der Waals surface area (Å²) < 4.78 is 5.71. The maximum absolute atomic E-state index is 13.4. The molecule has 4 amide bonds. The molecule has 0 unspecified atom stereocenters. The van der Waals surface area contributed by atoms with Gasteiger partial charge in [-0.1, -0.05) is 24.8 Å². The summed E-state index contributed by atoms with van der Waals surface area (Å²) in [6, 6.07) is 10.0. The largest absolute Gasteiger partial charge is 0.438 e. The quantitative estimate of drug-likeness (QED) is 0.293. The van der Waals surface area contributed by atoms with Gasteiger partial charge in [-0.2, -0.15) is 0 Å². The average Bonchev–Trinajstić information content (AvgIpc) is 3.54. The van der Waals surface area contributed by atoms with E-state index in [-0.39, 0.29) is 35.6 Å². The van der Waals surface area contributed by atoms with Gasteiger partial charge >= 0.3 is 6.03 Å². The summed E-state index contributed by atoms with van der Waals surface area (Å²) >= 11 is 1.19. The maximum Gasteiger partial charge on any atom is 0.332 e. The first-order valence-corrected chi connectivity index (χ1v) is 13.1. The Morgan fingerprint density at radius 1 is 1.08 bits per heavy atom. The molecule has 3 N–H and O–H groups in total. The number of rotatable bonds is 7. The third-order valence-electron chi connectivity index (χ3n) is 6.61. The van der Waals surface area contributed by atoms with E-state index in [1.54, 1.807) is 24.4 Å². The highest BCUT2D eigenvalue weighted by Crippen LogP contribution is 2.45. The van der Waals surface area contributed by atoms with Crippen LogP contribution >= 0.6 is 11.3 Å². The number of carbonyl (C=O) groups is 3. The van der Waals surface area contributed by atoms with Crippen LogP contribution in [0.2, 0.25) is 0 Å². The van der Waals surface area contributed by atoms with E-state index in [2.05, 4.69) is 37.5 Å². The second kappa shape index (κ2) is 10.1. The lowest BCUT2D eigenvalue weighted by Gasteiger charge is -2.27. The van der Waals surface area contributed by atoms with E-state index in [9.17, 15) is 14.4 Å². The van der Waals surface area contributed by atoms with Gasteiger partial charge in [0, 0.05) is 18.3 Å². The second-order valence-electron chi connectivity index (χ2n) is 9.04. The minimum atomic E-state index is -0.481. The lowest BCUT2D eigenvalue weighted by atomic mass is 10.1. The van der Waals surface area contributed by atoms with Crippen molar-refractivity contribution in [2.45, 2.75) is 31.3 Å². The molecule has 1 saturated carbocycles. The van der Waals surface area contributed by atoms with Crippen LogP contribution in [0.5, 0.6) is 11.6 Å². The highest BCUT2D eigenvalue weighted by molar-refractivity contribution is 7.21. The minimum Gasteiger partial charge on any atom is -0.438 e. The van der Waals surface area contributed by atoms with Crippen LogP contribution in [0.4, 0.5) is 22.0 Å². The summed E-state index contributed by atoms with van der Waals surface area (Å²) in [5.74, 6) is 0.579. The Kier molecular flexibility index (Phi) is 6.37. The number of pyridine rings is 1. The number of carbonyl (C=O) groups excluding carboxylic acids is 3. The number of ether oxygens (including phenoxy) is 1. The normalized spacial score (nSPS) is 17.9. The van der Waals surface area contributed by atoms with Gasteiger partial charge in [0.25, 0.3) is 5.91 Å². The molecule has 0 radical (unpaired) electrons. The predicted octanol–water partition coefficient (Wildman–Crippen LogP) is 4.52. The molecule has 196 valence electrons. The molecule has 39 heavy (non-hydrogen) atoms. The minimum absolute atomic E-state index is 0.184. The van der Waals surface area contributed by atoms with Crippen molar-refractivity contribution >= 4 is 56.6 Å². The van der Waals surface area contributed by atoms with Crippen molar-refractivity contribution < 1.29 is 19.1 Å². The van der Waals surface area contributed by atoms with Crippen LogP contribution in [0.1, 0.15) is 28.9 Å². The zero-order valence-corrected chi connectivity index (χ0v) is 21.4. The Morgan fingerprint density at radius 2 is 1.87 bits per heavy atom. The Balaban J connectivity index is 1.27. The summed E-state index contributed by atoms with van der Waals surface area (Å²) in [5, 5.41) is 9.40. The van der Waals surface area contributed by atoms with Gasteiger partial charge in [0.15, 0.2) is 5.82 Å². The van der Waals surface area contributed by atoms with Crippen LogP contribution < -0.4 is 25.6 Å². The molecule has 0 spiro atoms. The van der Waals surface area contributed by atoms with Crippen LogP contribution in [0, 0.1) is 0 Å². The van der Waals surface area contributed by atoms with Gasteiger partial charge in [0.2, 0.25) is 11.8 Å². The second-order valence-corrected chi connectivity index (χ2v) is 10.0. The fourth-order valence-electron chi connectivity index (χ4n) is 4.84. The number of aromatic nitrogens is 3. The van der Waals surface area contributed by atoms with E-state index in [4.69, 9.17) is 4.74 Å². The summed E-state index contributed by atoms with van der Waals surface area (Å²) in [6.07, 6.45) is 8.07. The number of nitrogens with zero attached hydrogens (tertiary/aromatic N) is 4. The fourth-order valence-corrected chi connectivity index (χ4v) is 5.86. The molecule has 6 rings (SSSR count). The Bertz CT molecular complexity index is 1590. The van der Waals surface area contributed by atoms with Crippen LogP contribution in [-0.4, -0.2) is 44.9 Å². The number of nitrogens with one attached hydrogen (secondary N) is 3. The Morgan fingerprint density at radius 3 is 2.62 bits per heavy atom. The molecule has 1 aromatic carbocycles. The molecule has 2 atom stereocenters. The molecule has 3 aromatic heterocycles. The van der Waals surface area contributed by atoms with Crippen molar-refractivity contribution in [1.82, 2.24) is 25.6 Å². The van der Waals surface area contributed by atoms with Gasteiger partial charge in [-0.25, -0.2) is 24.6 Å². The highest BCUT2D eigenvalue weighted by atomic mass is 32.1. The molecule has 4 aromatic rings.